The van der Waals surface area contributed by atoms with Gasteiger partial charge in [0.25, 0.3) is 0 Å². The largest absolute Gasteiger partial charge is 0.465 e. The molecule has 0 saturated carbocycles. The topological polar surface area (TPSA) is 106 Å². The summed E-state index contributed by atoms with van der Waals surface area (Å²) in [5.41, 5.74) is 8.64. The zero-order valence-corrected chi connectivity index (χ0v) is 19.0. The third-order valence-corrected chi connectivity index (χ3v) is 6.35. The summed E-state index contributed by atoms with van der Waals surface area (Å²) in [6, 6.07) is 13.8. The number of urea groups is 1. The first-order valence-corrected chi connectivity index (χ1v) is 11.1. The highest BCUT2D eigenvalue weighted by atomic mass is 35.5. The van der Waals surface area contributed by atoms with Crippen molar-refractivity contribution in [3.63, 3.8) is 0 Å². The van der Waals surface area contributed by atoms with E-state index in [0.717, 1.165) is 12.0 Å². The van der Waals surface area contributed by atoms with Gasteiger partial charge in [0.1, 0.15) is 12.7 Å². The molecule has 2 fully saturated rings. The summed E-state index contributed by atoms with van der Waals surface area (Å²) in [5.74, 6) is -0.820. The maximum absolute atomic E-state index is 12.9. The van der Waals surface area contributed by atoms with Crippen LogP contribution in [0.2, 0.25) is 5.02 Å². The fourth-order valence-corrected chi connectivity index (χ4v) is 4.52. The van der Waals surface area contributed by atoms with Gasteiger partial charge in [-0.25, -0.2) is 25.4 Å². The van der Waals surface area contributed by atoms with Crippen molar-refractivity contribution in [3.8, 4) is 0 Å². The minimum absolute atomic E-state index is 0.0199. The Labute approximate surface area is 201 Å². The van der Waals surface area contributed by atoms with Crippen molar-refractivity contribution in [2.24, 2.45) is 0 Å². The van der Waals surface area contributed by atoms with E-state index in [-0.39, 0.29) is 36.7 Å². The molecule has 2 aromatic rings. The summed E-state index contributed by atoms with van der Waals surface area (Å²) in [6.45, 7) is -0.167. The Hall–Kier alpha value is -3.60. The van der Waals surface area contributed by atoms with Crippen molar-refractivity contribution in [3.05, 3.63) is 77.1 Å². The van der Waals surface area contributed by atoms with Gasteiger partial charge in [0, 0.05) is 23.1 Å². The molecular weight excluding hydrogens is 460 g/mol. The first-order valence-electron chi connectivity index (χ1n) is 10.8. The van der Waals surface area contributed by atoms with Crippen LogP contribution in [-0.2, 0) is 9.53 Å². The number of anilines is 1. The number of hydrogen-bond acceptors (Lipinski definition) is 7. The summed E-state index contributed by atoms with van der Waals surface area (Å²) >= 11 is 6.01. The van der Waals surface area contributed by atoms with Crippen LogP contribution in [0, 0.1) is 0 Å². The molecule has 2 aromatic carbocycles. The van der Waals surface area contributed by atoms with Crippen LogP contribution >= 0.6 is 11.6 Å². The minimum atomic E-state index is -0.455. The van der Waals surface area contributed by atoms with Crippen molar-refractivity contribution in [2.45, 2.75) is 24.7 Å². The van der Waals surface area contributed by atoms with E-state index >= 15 is 0 Å². The SMILES string of the molecule is COC(=O)c1ccc(NC(=O)CN2NC3C4CC(c5ccc(Cl)cc5)NN4C=CN3C2=O)cc1. The number of hydrazine groups is 2. The maximum atomic E-state index is 12.9. The van der Waals surface area contributed by atoms with Crippen LogP contribution in [-0.4, -0.2) is 58.7 Å². The number of amides is 3. The number of hydrogen-bond donors (Lipinski definition) is 3. The van der Waals surface area contributed by atoms with Crippen LogP contribution in [0.5, 0.6) is 0 Å². The third kappa shape index (κ3) is 4.18. The number of nitrogens with zero attached hydrogens (tertiary/aromatic N) is 3. The van der Waals surface area contributed by atoms with Crippen LogP contribution in [0.25, 0.3) is 0 Å². The average molecular weight is 483 g/mol. The van der Waals surface area contributed by atoms with Crippen molar-refractivity contribution < 1.29 is 19.1 Å². The van der Waals surface area contributed by atoms with Crippen molar-refractivity contribution in [2.75, 3.05) is 19.0 Å². The highest BCUT2D eigenvalue weighted by molar-refractivity contribution is 6.30. The fraction of sp³-hybridized carbons (Fsp3) is 0.261. The monoisotopic (exact) mass is 482 g/mol. The maximum Gasteiger partial charge on any atom is 0.340 e. The molecule has 3 unspecified atom stereocenters. The number of esters is 1. The Kier molecular flexibility index (Phi) is 5.86. The summed E-state index contributed by atoms with van der Waals surface area (Å²) in [7, 11) is 1.31. The molecule has 0 aliphatic carbocycles. The molecule has 3 N–H and O–H groups in total. The van der Waals surface area contributed by atoms with E-state index in [4.69, 9.17) is 11.6 Å². The van der Waals surface area contributed by atoms with E-state index in [2.05, 4.69) is 20.9 Å². The normalized spacial score (nSPS) is 23.1. The second kappa shape index (κ2) is 8.98. The van der Waals surface area contributed by atoms with Crippen molar-refractivity contribution in [1.82, 2.24) is 25.8 Å². The lowest BCUT2D eigenvalue weighted by atomic mass is 10.00. The summed E-state index contributed by atoms with van der Waals surface area (Å²) in [4.78, 5) is 38.6. The average Bonchev–Trinajstić information content (AvgIpc) is 3.41. The molecule has 11 heteroatoms. The van der Waals surface area contributed by atoms with Gasteiger partial charge >= 0.3 is 12.0 Å². The van der Waals surface area contributed by atoms with Crippen molar-refractivity contribution >= 4 is 35.2 Å². The van der Waals surface area contributed by atoms with Crippen LogP contribution < -0.4 is 16.2 Å². The molecule has 34 heavy (non-hydrogen) atoms. The van der Waals surface area contributed by atoms with Crippen molar-refractivity contribution in [1.29, 1.82) is 0 Å². The van der Waals surface area contributed by atoms with Gasteiger partial charge < -0.3 is 15.1 Å². The van der Waals surface area contributed by atoms with E-state index in [0.29, 0.717) is 16.3 Å². The Morgan fingerprint density at radius 1 is 1.09 bits per heavy atom. The molecule has 176 valence electrons. The molecule has 10 nitrogen and oxygen atoms in total. The van der Waals surface area contributed by atoms with Gasteiger partial charge in [0.15, 0.2) is 0 Å². The summed E-state index contributed by atoms with van der Waals surface area (Å²) in [5, 5.41) is 6.73. The van der Waals surface area contributed by atoms with Crippen LogP contribution in [0.15, 0.2) is 60.9 Å². The molecule has 0 bridgehead atoms. The zero-order chi connectivity index (χ0) is 23.8. The van der Waals surface area contributed by atoms with E-state index in [9.17, 15) is 14.4 Å². The number of halogens is 1. The molecule has 2 saturated heterocycles. The van der Waals surface area contributed by atoms with E-state index < -0.39 is 5.97 Å². The molecule has 3 heterocycles. The Morgan fingerprint density at radius 3 is 2.53 bits per heavy atom. The highest BCUT2D eigenvalue weighted by Crippen LogP contribution is 2.34. The van der Waals surface area contributed by atoms with Gasteiger partial charge in [0.05, 0.1) is 24.8 Å². The lowest BCUT2D eigenvalue weighted by molar-refractivity contribution is -0.117. The lowest BCUT2D eigenvalue weighted by Crippen LogP contribution is -2.54. The van der Waals surface area contributed by atoms with Gasteiger partial charge in [-0.05, 0) is 48.4 Å². The minimum Gasteiger partial charge on any atom is -0.465 e. The smallest absolute Gasteiger partial charge is 0.340 e. The predicted octanol–water partition coefficient (Wildman–Crippen LogP) is 2.44. The molecule has 0 aromatic heterocycles. The fourth-order valence-electron chi connectivity index (χ4n) is 4.40. The third-order valence-electron chi connectivity index (χ3n) is 6.10. The van der Waals surface area contributed by atoms with E-state index in [1.165, 1.54) is 12.1 Å². The van der Waals surface area contributed by atoms with Gasteiger partial charge in [0.2, 0.25) is 5.91 Å². The predicted molar refractivity (Wildman–Crippen MR) is 124 cm³/mol. The zero-order valence-electron chi connectivity index (χ0n) is 18.3. The number of carbonyl (C=O) groups is 3. The molecule has 5 rings (SSSR count). The number of nitrogens with one attached hydrogen (secondary N) is 3. The van der Waals surface area contributed by atoms with Crippen LogP contribution in [0.4, 0.5) is 10.5 Å². The lowest BCUT2D eigenvalue weighted by Gasteiger charge is -2.34. The standard InChI is InChI=1S/C23H23ClN6O4/c1-34-22(32)15-4-8-17(9-5-15)25-20(31)13-30-23(33)28-10-11-29-19(21(28)27-30)12-18(26-29)14-2-6-16(24)7-3-14/h2-11,18-19,21,26-27H,12-13H2,1H3,(H,25,31). The molecule has 3 aliphatic rings. The molecule has 3 aliphatic heterocycles. The first kappa shape index (κ1) is 22.2. The van der Waals surface area contributed by atoms with Gasteiger partial charge in [-0.1, -0.05) is 23.7 Å². The Balaban J connectivity index is 1.21. The number of rotatable bonds is 5. The highest BCUT2D eigenvalue weighted by Gasteiger charge is 2.48. The van der Waals surface area contributed by atoms with Gasteiger partial charge in [-0.2, -0.15) is 0 Å². The Bertz CT molecular complexity index is 1140. The first-order chi connectivity index (χ1) is 16.4. The molecule has 3 amide bonds. The number of carbonyl (C=O) groups excluding carboxylic acids is 3. The number of benzene rings is 2. The van der Waals surface area contributed by atoms with Gasteiger partial charge in [-0.15, -0.1) is 0 Å². The van der Waals surface area contributed by atoms with Crippen LogP contribution in [0.1, 0.15) is 28.4 Å². The number of ether oxygens (including phenoxy) is 1. The molecule has 0 spiro atoms. The Morgan fingerprint density at radius 2 is 1.82 bits per heavy atom. The molecular formula is C23H23ClN6O4. The number of methoxy groups -OCH3 is 1. The molecule has 3 atom stereocenters. The van der Waals surface area contributed by atoms with Crippen LogP contribution in [0.3, 0.4) is 0 Å². The number of fused-ring (bicyclic) bond motifs is 3. The second-order valence-electron chi connectivity index (χ2n) is 8.21. The quantitative estimate of drug-likeness (QED) is 0.562. The summed E-state index contributed by atoms with van der Waals surface area (Å²) < 4.78 is 4.67. The van der Waals surface area contributed by atoms with Gasteiger partial charge in [-0.3, -0.25) is 9.69 Å². The van der Waals surface area contributed by atoms with E-state index in [1.807, 2.05) is 35.5 Å². The summed E-state index contributed by atoms with van der Waals surface area (Å²) in [6.07, 6.45) is 4.00. The van der Waals surface area contributed by atoms with E-state index in [1.54, 1.807) is 35.4 Å². The second-order valence-corrected chi connectivity index (χ2v) is 8.65. The molecule has 0 radical (unpaired) electrons.